The first-order valence-corrected chi connectivity index (χ1v) is 8.34. The average molecular weight is 318 g/mol. The van der Waals surface area contributed by atoms with E-state index >= 15 is 0 Å². The van der Waals surface area contributed by atoms with Gasteiger partial charge in [0, 0.05) is 22.7 Å². The van der Waals surface area contributed by atoms with E-state index in [1.807, 2.05) is 42.5 Å². The van der Waals surface area contributed by atoms with Gasteiger partial charge in [-0.05, 0) is 25.1 Å². The number of para-hydroxylation sites is 1. The third-order valence-corrected chi connectivity index (χ3v) is 3.95. The molecule has 2 nitrogen and oxygen atoms in total. The maximum atomic E-state index is 6.17. The van der Waals surface area contributed by atoms with Crippen LogP contribution in [0.3, 0.4) is 0 Å². The molecule has 2 aromatic rings. The molecule has 0 saturated carbocycles. The average Bonchev–Trinajstić information content (AvgIpc) is 2.55. The Morgan fingerprint density at radius 3 is 2.45 bits per heavy atom. The van der Waals surface area contributed by atoms with E-state index in [1.54, 1.807) is 0 Å². The lowest BCUT2D eigenvalue weighted by Crippen LogP contribution is -2.15. The van der Waals surface area contributed by atoms with Crippen LogP contribution in [0.5, 0.6) is 5.75 Å². The van der Waals surface area contributed by atoms with E-state index in [1.165, 1.54) is 24.8 Å². The second-order valence-corrected chi connectivity index (χ2v) is 5.78. The fourth-order valence-electron chi connectivity index (χ4n) is 2.28. The molecule has 0 heterocycles. The lowest BCUT2D eigenvalue weighted by molar-refractivity contribution is 0.302. The van der Waals surface area contributed by atoms with Crippen LogP contribution in [-0.2, 0) is 13.2 Å². The lowest BCUT2D eigenvalue weighted by Gasteiger charge is -2.13. The van der Waals surface area contributed by atoms with Gasteiger partial charge in [-0.1, -0.05) is 67.8 Å². The number of unbranched alkanes of at least 4 members (excludes halogenated alkanes) is 2. The van der Waals surface area contributed by atoms with Gasteiger partial charge in [0.05, 0.1) is 0 Å². The molecule has 0 aliphatic heterocycles. The standard InChI is InChI=1S/C19H24ClNO/c1-2-3-8-13-21-14-16-9-5-7-12-19(16)22-15-17-10-4-6-11-18(17)20/h4-7,9-12,21H,2-3,8,13-15H2,1H3. The molecule has 0 atom stereocenters. The molecule has 0 saturated heterocycles. The molecular formula is C19H24ClNO. The maximum Gasteiger partial charge on any atom is 0.124 e. The summed E-state index contributed by atoms with van der Waals surface area (Å²) < 4.78 is 5.96. The van der Waals surface area contributed by atoms with E-state index in [4.69, 9.17) is 16.3 Å². The minimum absolute atomic E-state index is 0.493. The van der Waals surface area contributed by atoms with E-state index in [2.05, 4.69) is 18.3 Å². The summed E-state index contributed by atoms with van der Waals surface area (Å²) in [7, 11) is 0. The molecule has 0 spiro atoms. The van der Waals surface area contributed by atoms with E-state index in [9.17, 15) is 0 Å². The fraction of sp³-hybridized carbons (Fsp3) is 0.368. The maximum absolute atomic E-state index is 6.17. The van der Waals surface area contributed by atoms with Crippen molar-refractivity contribution in [1.82, 2.24) is 5.32 Å². The smallest absolute Gasteiger partial charge is 0.124 e. The molecule has 0 unspecified atom stereocenters. The predicted molar refractivity (Wildman–Crippen MR) is 93.5 cm³/mol. The Labute approximate surface area is 138 Å². The molecule has 0 fully saturated rings. The van der Waals surface area contributed by atoms with Crippen molar-refractivity contribution in [2.75, 3.05) is 6.54 Å². The molecule has 0 aromatic heterocycles. The van der Waals surface area contributed by atoms with Gasteiger partial charge < -0.3 is 10.1 Å². The monoisotopic (exact) mass is 317 g/mol. The van der Waals surface area contributed by atoms with E-state index in [0.717, 1.165) is 29.4 Å². The van der Waals surface area contributed by atoms with Crippen LogP contribution in [0.2, 0.25) is 5.02 Å². The van der Waals surface area contributed by atoms with Crippen LogP contribution < -0.4 is 10.1 Å². The van der Waals surface area contributed by atoms with Crippen LogP contribution in [0.1, 0.15) is 37.3 Å². The molecule has 1 N–H and O–H groups in total. The Bertz CT molecular complexity index is 571. The summed E-state index contributed by atoms with van der Waals surface area (Å²) in [5.74, 6) is 0.922. The Balaban J connectivity index is 1.89. The Morgan fingerprint density at radius 2 is 1.68 bits per heavy atom. The Hall–Kier alpha value is -1.51. The number of hydrogen-bond acceptors (Lipinski definition) is 2. The van der Waals surface area contributed by atoms with Crippen LogP contribution in [0.25, 0.3) is 0 Å². The van der Waals surface area contributed by atoms with Crippen LogP contribution in [-0.4, -0.2) is 6.54 Å². The number of benzene rings is 2. The van der Waals surface area contributed by atoms with Gasteiger partial charge in [0.25, 0.3) is 0 Å². The zero-order valence-corrected chi connectivity index (χ0v) is 13.9. The largest absolute Gasteiger partial charge is 0.489 e. The fourth-order valence-corrected chi connectivity index (χ4v) is 2.47. The van der Waals surface area contributed by atoms with Crippen molar-refractivity contribution in [2.24, 2.45) is 0 Å². The molecule has 0 aliphatic rings. The molecule has 118 valence electrons. The summed E-state index contributed by atoms with van der Waals surface area (Å²) in [6.45, 7) is 4.60. The summed E-state index contributed by atoms with van der Waals surface area (Å²) in [6, 6.07) is 16.0. The minimum atomic E-state index is 0.493. The van der Waals surface area contributed by atoms with E-state index in [-0.39, 0.29) is 0 Å². The van der Waals surface area contributed by atoms with Gasteiger partial charge in [-0.15, -0.1) is 0 Å². The number of hydrogen-bond donors (Lipinski definition) is 1. The lowest BCUT2D eigenvalue weighted by atomic mass is 10.2. The van der Waals surface area contributed by atoms with Crippen molar-refractivity contribution in [3.05, 3.63) is 64.7 Å². The molecule has 0 radical (unpaired) electrons. The number of rotatable bonds is 9. The van der Waals surface area contributed by atoms with Crippen LogP contribution in [0.4, 0.5) is 0 Å². The van der Waals surface area contributed by atoms with Crippen LogP contribution in [0, 0.1) is 0 Å². The molecule has 2 aromatic carbocycles. The summed E-state index contributed by atoms with van der Waals surface area (Å²) >= 11 is 6.17. The van der Waals surface area contributed by atoms with Gasteiger partial charge in [0.15, 0.2) is 0 Å². The number of nitrogens with one attached hydrogen (secondary N) is 1. The number of halogens is 1. The summed E-state index contributed by atoms with van der Waals surface area (Å²) in [5, 5.41) is 4.23. The molecule has 0 bridgehead atoms. The number of ether oxygens (including phenoxy) is 1. The molecule has 22 heavy (non-hydrogen) atoms. The highest BCUT2D eigenvalue weighted by Crippen LogP contribution is 2.21. The predicted octanol–water partition coefficient (Wildman–Crippen LogP) is 5.20. The topological polar surface area (TPSA) is 21.3 Å². The highest BCUT2D eigenvalue weighted by Gasteiger charge is 2.05. The van der Waals surface area contributed by atoms with Crippen LogP contribution >= 0.6 is 11.6 Å². The van der Waals surface area contributed by atoms with Crippen LogP contribution in [0.15, 0.2) is 48.5 Å². The summed E-state index contributed by atoms with van der Waals surface area (Å²) in [5.41, 5.74) is 2.20. The summed E-state index contributed by atoms with van der Waals surface area (Å²) in [6.07, 6.45) is 3.75. The highest BCUT2D eigenvalue weighted by atomic mass is 35.5. The normalized spacial score (nSPS) is 10.6. The third kappa shape index (κ3) is 5.36. The molecule has 0 aliphatic carbocycles. The SMILES string of the molecule is CCCCCNCc1ccccc1OCc1ccccc1Cl. The third-order valence-electron chi connectivity index (χ3n) is 3.59. The second kappa shape index (κ2) is 9.50. The van der Waals surface area contributed by atoms with Crippen molar-refractivity contribution in [1.29, 1.82) is 0 Å². The zero-order valence-electron chi connectivity index (χ0n) is 13.1. The van der Waals surface area contributed by atoms with Gasteiger partial charge in [0.2, 0.25) is 0 Å². The Kier molecular flexibility index (Phi) is 7.27. The molecule has 0 amide bonds. The highest BCUT2D eigenvalue weighted by molar-refractivity contribution is 6.31. The zero-order chi connectivity index (χ0) is 15.6. The first-order valence-electron chi connectivity index (χ1n) is 7.96. The van der Waals surface area contributed by atoms with E-state index in [0.29, 0.717) is 6.61 Å². The van der Waals surface area contributed by atoms with Crippen molar-refractivity contribution in [2.45, 2.75) is 39.3 Å². The summed E-state index contributed by atoms with van der Waals surface area (Å²) in [4.78, 5) is 0. The van der Waals surface area contributed by atoms with Crippen molar-refractivity contribution >= 4 is 11.6 Å². The first kappa shape index (κ1) is 16.9. The minimum Gasteiger partial charge on any atom is -0.489 e. The molecule has 2 rings (SSSR count). The van der Waals surface area contributed by atoms with Crippen molar-refractivity contribution in [3.63, 3.8) is 0 Å². The molecular weight excluding hydrogens is 294 g/mol. The first-order chi connectivity index (χ1) is 10.8. The quantitative estimate of drug-likeness (QED) is 0.642. The van der Waals surface area contributed by atoms with Gasteiger partial charge in [-0.3, -0.25) is 0 Å². The van der Waals surface area contributed by atoms with E-state index < -0.39 is 0 Å². The van der Waals surface area contributed by atoms with Crippen molar-refractivity contribution < 1.29 is 4.74 Å². The Morgan fingerprint density at radius 1 is 0.955 bits per heavy atom. The van der Waals surface area contributed by atoms with Gasteiger partial charge in [-0.25, -0.2) is 0 Å². The van der Waals surface area contributed by atoms with Gasteiger partial charge in [0.1, 0.15) is 12.4 Å². The molecule has 3 heteroatoms. The second-order valence-electron chi connectivity index (χ2n) is 5.37. The van der Waals surface area contributed by atoms with Gasteiger partial charge >= 0.3 is 0 Å². The van der Waals surface area contributed by atoms with Gasteiger partial charge in [-0.2, -0.15) is 0 Å². The van der Waals surface area contributed by atoms with Crippen molar-refractivity contribution in [3.8, 4) is 5.75 Å².